The zero-order valence-corrected chi connectivity index (χ0v) is 21.3. The molecule has 0 bridgehead atoms. The van der Waals surface area contributed by atoms with E-state index in [1.54, 1.807) is 26.4 Å². The fourth-order valence-corrected chi connectivity index (χ4v) is 4.51. The predicted octanol–water partition coefficient (Wildman–Crippen LogP) is 2.53. The standard InChI is InChI=1S/C26H33N7O4/c1-32(2)25(34)17-36-24-10-9-22(30-31-24)28-18-5-7-19(8-6-18)37-26-20-4-3-11-27-21(20)16-23(29-26)33-12-14-35-15-13-33/h3-4,9-11,16,18-19H,5-8,12-15,17H2,1-2H3,(H,28,30)/t18-,19+. The Morgan fingerprint density at radius 3 is 2.68 bits per heavy atom. The molecular formula is C26H33N7O4. The van der Waals surface area contributed by atoms with Gasteiger partial charge in [-0.05, 0) is 43.9 Å². The lowest BCUT2D eigenvalue weighted by molar-refractivity contribution is -0.130. The fraction of sp³-hybridized carbons (Fsp3) is 0.500. The zero-order chi connectivity index (χ0) is 25.6. The third kappa shape index (κ3) is 6.34. The Morgan fingerprint density at radius 2 is 1.95 bits per heavy atom. The molecule has 1 saturated heterocycles. The van der Waals surface area contributed by atoms with E-state index in [1.807, 2.05) is 24.3 Å². The molecular weight excluding hydrogens is 474 g/mol. The summed E-state index contributed by atoms with van der Waals surface area (Å²) in [5.41, 5.74) is 0.890. The first-order valence-electron chi connectivity index (χ1n) is 12.7. The van der Waals surface area contributed by atoms with E-state index in [4.69, 9.17) is 19.2 Å². The first-order valence-corrected chi connectivity index (χ1v) is 12.7. The minimum absolute atomic E-state index is 0.0615. The van der Waals surface area contributed by atoms with Gasteiger partial charge in [-0.3, -0.25) is 9.78 Å². The normalized spacial score (nSPS) is 19.9. The predicted molar refractivity (Wildman–Crippen MR) is 139 cm³/mol. The van der Waals surface area contributed by atoms with Crippen LogP contribution in [0.5, 0.6) is 11.8 Å². The Labute approximate surface area is 216 Å². The van der Waals surface area contributed by atoms with Gasteiger partial charge in [0.1, 0.15) is 17.7 Å². The summed E-state index contributed by atoms with van der Waals surface area (Å²) >= 11 is 0. The number of anilines is 2. The van der Waals surface area contributed by atoms with Crippen molar-refractivity contribution < 1.29 is 19.0 Å². The van der Waals surface area contributed by atoms with E-state index in [1.165, 1.54) is 4.90 Å². The van der Waals surface area contributed by atoms with Crippen molar-refractivity contribution in [1.82, 2.24) is 25.1 Å². The SMILES string of the molecule is CN(C)C(=O)COc1ccc(N[C@H]2CC[C@@H](Oc3nc(N4CCOCC4)cc4ncccc34)CC2)nn1. The van der Waals surface area contributed by atoms with E-state index >= 15 is 0 Å². The van der Waals surface area contributed by atoms with Crippen molar-refractivity contribution in [3.8, 4) is 11.8 Å². The molecule has 3 aromatic rings. The highest BCUT2D eigenvalue weighted by Gasteiger charge is 2.25. The van der Waals surface area contributed by atoms with Crippen LogP contribution in [0.3, 0.4) is 0 Å². The maximum atomic E-state index is 11.7. The largest absolute Gasteiger partial charge is 0.474 e. The summed E-state index contributed by atoms with van der Waals surface area (Å²) in [4.78, 5) is 24.8. The van der Waals surface area contributed by atoms with Crippen molar-refractivity contribution in [1.29, 1.82) is 0 Å². The maximum Gasteiger partial charge on any atom is 0.260 e. The molecule has 37 heavy (non-hydrogen) atoms. The Hall–Kier alpha value is -3.73. The summed E-state index contributed by atoms with van der Waals surface area (Å²) in [5, 5.41) is 12.7. The lowest BCUT2D eigenvalue weighted by Crippen LogP contribution is -2.37. The first-order chi connectivity index (χ1) is 18.0. The number of carbonyl (C=O) groups excluding carboxylic acids is 1. The molecule has 4 heterocycles. The molecule has 2 fully saturated rings. The highest BCUT2D eigenvalue weighted by Crippen LogP contribution is 2.31. The quantitative estimate of drug-likeness (QED) is 0.488. The Balaban J connectivity index is 1.16. The van der Waals surface area contributed by atoms with E-state index in [-0.39, 0.29) is 24.7 Å². The number of aromatic nitrogens is 4. The summed E-state index contributed by atoms with van der Waals surface area (Å²) < 4.78 is 17.4. The first kappa shape index (κ1) is 24.9. The van der Waals surface area contributed by atoms with Crippen LogP contribution in [0.1, 0.15) is 25.7 Å². The van der Waals surface area contributed by atoms with Gasteiger partial charge in [0.05, 0.1) is 24.1 Å². The van der Waals surface area contributed by atoms with E-state index in [0.717, 1.165) is 55.5 Å². The number of nitrogens with one attached hydrogen (secondary N) is 1. The lowest BCUT2D eigenvalue weighted by atomic mass is 9.93. The van der Waals surface area contributed by atoms with Gasteiger partial charge in [-0.25, -0.2) is 0 Å². The molecule has 5 rings (SSSR count). The summed E-state index contributed by atoms with van der Waals surface area (Å²) in [6.07, 6.45) is 5.60. The molecule has 0 unspecified atom stereocenters. The number of morpholine rings is 1. The van der Waals surface area contributed by atoms with Crippen molar-refractivity contribution >= 4 is 28.4 Å². The van der Waals surface area contributed by atoms with Gasteiger partial charge in [-0.1, -0.05) is 0 Å². The van der Waals surface area contributed by atoms with Crippen LogP contribution in [0.15, 0.2) is 36.5 Å². The minimum Gasteiger partial charge on any atom is -0.474 e. The van der Waals surface area contributed by atoms with Gasteiger partial charge >= 0.3 is 0 Å². The number of rotatable bonds is 8. The van der Waals surface area contributed by atoms with Crippen molar-refractivity contribution in [3.05, 3.63) is 36.5 Å². The van der Waals surface area contributed by atoms with Crippen LogP contribution in [0.25, 0.3) is 10.9 Å². The zero-order valence-electron chi connectivity index (χ0n) is 21.3. The topological polar surface area (TPSA) is 115 Å². The number of ether oxygens (including phenoxy) is 3. The molecule has 1 saturated carbocycles. The molecule has 1 aliphatic carbocycles. The third-order valence-electron chi connectivity index (χ3n) is 6.67. The van der Waals surface area contributed by atoms with Gasteiger partial charge in [-0.2, -0.15) is 4.98 Å². The molecule has 0 aromatic carbocycles. The van der Waals surface area contributed by atoms with E-state index in [0.29, 0.717) is 30.8 Å². The summed E-state index contributed by atoms with van der Waals surface area (Å²) in [5.74, 6) is 2.42. The van der Waals surface area contributed by atoms with Crippen LogP contribution in [0.4, 0.5) is 11.6 Å². The van der Waals surface area contributed by atoms with E-state index < -0.39 is 0 Å². The molecule has 11 heteroatoms. The Bertz CT molecular complexity index is 1190. The summed E-state index contributed by atoms with van der Waals surface area (Å²) in [6, 6.07) is 9.80. The van der Waals surface area contributed by atoms with Crippen molar-refractivity contribution in [3.63, 3.8) is 0 Å². The molecule has 1 aliphatic heterocycles. The molecule has 0 atom stereocenters. The van der Waals surface area contributed by atoms with Crippen molar-refractivity contribution in [2.24, 2.45) is 0 Å². The average molecular weight is 508 g/mol. The number of hydrogen-bond acceptors (Lipinski definition) is 10. The smallest absolute Gasteiger partial charge is 0.260 e. The van der Waals surface area contributed by atoms with Crippen LogP contribution in [0, 0.1) is 0 Å². The van der Waals surface area contributed by atoms with Crippen molar-refractivity contribution in [2.45, 2.75) is 37.8 Å². The Kier molecular flexibility index (Phi) is 7.79. The highest BCUT2D eigenvalue weighted by atomic mass is 16.5. The van der Waals surface area contributed by atoms with Crippen LogP contribution in [-0.2, 0) is 9.53 Å². The molecule has 196 valence electrons. The van der Waals surface area contributed by atoms with Crippen LogP contribution < -0.4 is 19.7 Å². The number of carbonyl (C=O) groups is 1. The number of fused-ring (bicyclic) bond motifs is 1. The van der Waals surface area contributed by atoms with Gasteiger partial charge in [-0.15, -0.1) is 10.2 Å². The maximum absolute atomic E-state index is 11.7. The average Bonchev–Trinajstić information content (AvgIpc) is 2.94. The van der Waals surface area contributed by atoms with E-state index in [9.17, 15) is 4.79 Å². The number of nitrogens with zero attached hydrogens (tertiary/aromatic N) is 6. The number of pyridine rings is 2. The molecule has 0 radical (unpaired) electrons. The van der Waals surface area contributed by atoms with Crippen LogP contribution in [0.2, 0.25) is 0 Å². The van der Waals surface area contributed by atoms with E-state index in [2.05, 4.69) is 25.4 Å². The molecule has 3 aromatic heterocycles. The van der Waals surface area contributed by atoms with Gasteiger partial charge in [0, 0.05) is 51.6 Å². The number of hydrogen-bond donors (Lipinski definition) is 1. The third-order valence-corrected chi connectivity index (χ3v) is 6.67. The van der Waals surface area contributed by atoms with Crippen LogP contribution in [-0.4, -0.2) is 90.1 Å². The second-order valence-electron chi connectivity index (χ2n) is 9.52. The number of amides is 1. The molecule has 1 N–H and O–H groups in total. The van der Waals surface area contributed by atoms with Gasteiger partial charge in [0.15, 0.2) is 6.61 Å². The van der Waals surface area contributed by atoms with Gasteiger partial charge in [0.2, 0.25) is 11.8 Å². The van der Waals surface area contributed by atoms with Gasteiger partial charge in [0.25, 0.3) is 5.91 Å². The lowest BCUT2D eigenvalue weighted by Gasteiger charge is -2.31. The summed E-state index contributed by atoms with van der Waals surface area (Å²) in [7, 11) is 3.37. The summed E-state index contributed by atoms with van der Waals surface area (Å²) in [6.45, 7) is 2.96. The monoisotopic (exact) mass is 507 g/mol. The second-order valence-corrected chi connectivity index (χ2v) is 9.52. The molecule has 11 nitrogen and oxygen atoms in total. The minimum atomic E-state index is -0.129. The molecule has 0 spiro atoms. The second kappa shape index (κ2) is 11.5. The number of likely N-dealkylation sites (N-methyl/N-ethyl adjacent to an activating group) is 1. The molecule has 2 aliphatic rings. The molecule has 1 amide bonds. The van der Waals surface area contributed by atoms with Gasteiger partial charge < -0.3 is 29.3 Å². The Morgan fingerprint density at radius 1 is 1.14 bits per heavy atom. The highest BCUT2D eigenvalue weighted by molar-refractivity contribution is 5.85. The van der Waals surface area contributed by atoms with Crippen LogP contribution >= 0.6 is 0 Å². The van der Waals surface area contributed by atoms with Crippen molar-refractivity contribution in [2.75, 3.05) is 57.2 Å². The fourth-order valence-electron chi connectivity index (χ4n) is 4.51.